The van der Waals surface area contributed by atoms with Gasteiger partial charge in [0.1, 0.15) is 0 Å². The summed E-state index contributed by atoms with van der Waals surface area (Å²) in [6.07, 6.45) is 3.29. The highest BCUT2D eigenvalue weighted by Gasteiger charge is 2.29. The summed E-state index contributed by atoms with van der Waals surface area (Å²) < 4.78 is 0. The highest BCUT2D eigenvalue weighted by molar-refractivity contribution is 5.85. The van der Waals surface area contributed by atoms with E-state index in [4.69, 9.17) is 5.73 Å². The van der Waals surface area contributed by atoms with Crippen molar-refractivity contribution < 1.29 is 4.79 Å². The predicted octanol–water partition coefficient (Wildman–Crippen LogP) is 1.77. The van der Waals surface area contributed by atoms with E-state index in [1.165, 1.54) is 6.42 Å². The van der Waals surface area contributed by atoms with Crippen LogP contribution < -0.4 is 11.1 Å². The molecular weight excluding hydrogens is 262 g/mol. The second-order valence-corrected chi connectivity index (χ2v) is 6.14. The third-order valence-corrected chi connectivity index (χ3v) is 4.16. The van der Waals surface area contributed by atoms with Crippen LogP contribution in [0.15, 0.2) is 0 Å². The van der Waals surface area contributed by atoms with E-state index in [-0.39, 0.29) is 29.9 Å². The van der Waals surface area contributed by atoms with E-state index in [1.807, 2.05) is 6.92 Å². The largest absolute Gasteiger partial charge is 0.350 e. The molecule has 1 aliphatic rings. The molecule has 19 heavy (non-hydrogen) atoms. The summed E-state index contributed by atoms with van der Waals surface area (Å²) in [5, 5.41) is 3.12. The molecular formula is C14H30ClN3O. The van der Waals surface area contributed by atoms with Crippen LogP contribution in [0.1, 0.15) is 47.0 Å². The lowest BCUT2D eigenvalue weighted by atomic mass is 9.96. The number of rotatable bonds is 5. The number of hydrogen-bond donors (Lipinski definition) is 2. The minimum Gasteiger partial charge on any atom is -0.350 e. The van der Waals surface area contributed by atoms with Gasteiger partial charge >= 0.3 is 0 Å². The maximum atomic E-state index is 12.2. The lowest BCUT2D eigenvalue weighted by Crippen LogP contribution is -2.54. The summed E-state index contributed by atoms with van der Waals surface area (Å²) in [6.45, 7) is 10.9. The smallest absolute Gasteiger partial charge is 0.237 e. The second kappa shape index (κ2) is 8.08. The van der Waals surface area contributed by atoms with E-state index >= 15 is 0 Å². The molecule has 1 saturated heterocycles. The van der Waals surface area contributed by atoms with Gasteiger partial charge in [-0.1, -0.05) is 6.92 Å². The number of carbonyl (C=O) groups excluding carboxylic acids is 1. The number of piperidine rings is 1. The molecule has 0 aliphatic carbocycles. The fourth-order valence-electron chi connectivity index (χ4n) is 2.33. The fourth-order valence-corrected chi connectivity index (χ4v) is 2.33. The normalized spacial score (nSPS) is 22.5. The number of likely N-dealkylation sites (tertiary alicyclic amines) is 1. The van der Waals surface area contributed by atoms with Crippen molar-refractivity contribution in [3.8, 4) is 0 Å². The molecule has 1 amide bonds. The van der Waals surface area contributed by atoms with Gasteiger partial charge in [0.25, 0.3) is 0 Å². The van der Waals surface area contributed by atoms with Gasteiger partial charge in [-0.3, -0.25) is 9.69 Å². The Balaban J connectivity index is 0.00000324. The van der Waals surface area contributed by atoms with Crippen molar-refractivity contribution in [2.45, 2.75) is 58.5 Å². The molecule has 2 unspecified atom stereocenters. The quantitative estimate of drug-likeness (QED) is 0.812. The van der Waals surface area contributed by atoms with Gasteiger partial charge in [0.05, 0.1) is 6.04 Å². The van der Waals surface area contributed by atoms with Gasteiger partial charge in [0.15, 0.2) is 0 Å². The molecule has 3 N–H and O–H groups in total. The van der Waals surface area contributed by atoms with E-state index in [2.05, 4.69) is 31.0 Å². The van der Waals surface area contributed by atoms with E-state index in [1.54, 1.807) is 0 Å². The molecule has 5 heteroatoms. The molecule has 0 radical (unpaired) electrons. The SMILES string of the molecule is CCC(C)(C)NC(=O)C(C)N1CCCC(CN)C1.Cl. The highest BCUT2D eigenvalue weighted by atomic mass is 35.5. The number of nitrogens with one attached hydrogen (secondary N) is 1. The Morgan fingerprint density at radius 2 is 2.16 bits per heavy atom. The molecule has 0 bridgehead atoms. The molecule has 4 nitrogen and oxygen atoms in total. The lowest BCUT2D eigenvalue weighted by Gasteiger charge is -2.37. The van der Waals surface area contributed by atoms with Crippen molar-refractivity contribution >= 4 is 18.3 Å². The van der Waals surface area contributed by atoms with Crippen LogP contribution in [0.4, 0.5) is 0 Å². The van der Waals surface area contributed by atoms with Gasteiger partial charge in [0.2, 0.25) is 5.91 Å². The Labute approximate surface area is 123 Å². The third-order valence-electron chi connectivity index (χ3n) is 4.16. The maximum Gasteiger partial charge on any atom is 0.237 e. The molecule has 114 valence electrons. The monoisotopic (exact) mass is 291 g/mol. The van der Waals surface area contributed by atoms with Crippen LogP contribution in [0.2, 0.25) is 0 Å². The zero-order valence-corrected chi connectivity index (χ0v) is 13.6. The highest BCUT2D eigenvalue weighted by Crippen LogP contribution is 2.18. The molecule has 1 fully saturated rings. The Bertz CT molecular complexity index is 284. The zero-order chi connectivity index (χ0) is 13.8. The van der Waals surface area contributed by atoms with Crippen LogP contribution in [0.5, 0.6) is 0 Å². The van der Waals surface area contributed by atoms with Crippen LogP contribution in [0.25, 0.3) is 0 Å². The van der Waals surface area contributed by atoms with Crippen molar-refractivity contribution in [1.82, 2.24) is 10.2 Å². The number of nitrogens with two attached hydrogens (primary N) is 1. The number of nitrogens with zero attached hydrogens (tertiary/aromatic N) is 1. The first-order chi connectivity index (χ1) is 8.39. The molecule has 0 spiro atoms. The number of hydrogen-bond acceptors (Lipinski definition) is 3. The van der Waals surface area contributed by atoms with Crippen LogP contribution in [0.3, 0.4) is 0 Å². The minimum absolute atomic E-state index is 0. The van der Waals surface area contributed by atoms with Crippen molar-refractivity contribution in [2.75, 3.05) is 19.6 Å². The number of carbonyl (C=O) groups is 1. The van der Waals surface area contributed by atoms with Crippen molar-refractivity contribution in [1.29, 1.82) is 0 Å². The fraction of sp³-hybridized carbons (Fsp3) is 0.929. The molecule has 0 aromatic rings. The third kappa shape index (κ3) is 5.67. The molecule has 1 aliphatic heterocycles. The molecule has 0 aromatic heterocycles. The summed E-state index contributed by atoms with van der Waals surface area (Å²) in [5.74, 6) is 0.688. The molecule has 0 aromatic carbocycles. The Kier molecular flexibility index (Phi) is 7.94. The first-order valence-electron chi connectivity index (χ1n) is 7.15. The molecule has 1 heterocycles. The van der Waals surface area contributed by atoms with Gasteiger partial charge in [-0.25, -0.2) is 0 Å². The molecule has 1 rings (SSSR count). The van der Waals surface area contributed by atoms with Crippen LogP contribution in [-0.4, -0.2) is 42.0 Å². The van der Waals surface area contributed by atoms with Gasteiger partial charge in [-0.15, -0.1) is 12.4 Å². The topological polar surface area (TPSA) is 58.4 Å². The molecule has 0 saturated carbocycles. The summed E-state index contributed by atoms with van der Waals surface area (Å²) in [7, 11) is 0. The Morgan fingerprint density at radius 1 is 1.53 bits per heavy atom. The summed E-state index contributed by atoms with van der Waals surface area (Å²) in [4.78, 5) is 14.5. The van der Waals surface area contributed by atoms with E-state index in [0.717, 1.165) is 32.5 Å². The Morgan fingerprint density at radius 3 is 2.68 bits per heavy atom. The maximum absolute atomic E-state index is 12.2. The van der Waals surface area contributed by atoms with E-state index in [9.17, 15) is 4.79 Å². The standard InChI is InChI=1S/C14H29N3O.ClH/c1-5-14(3,4)16-13(18)11(2)17-8-6-7-12(9-15)10-17;/h11-12H,5-10,15H2,1-4H3,(H,16,18);1H. The first kappa shape index (κ1) is 18.7. The summed E-state index contributed by atoms with van der Waals surface area (Å²) in [6, 6.07) is -0.0508. The van der Waals surface area contributed by atoms with Crippen molar-refractivity contribution in [3.63, 3.8) is 0 Å². The van der Waals surface area contributed by atoms with Crippen LogP contribution in [0, 0.1) is 5.92 Å². The first-order valence-corrected chi connectivity index (χ1v) is 7.15. The van der Waals surface area contributed by atoms with Crippen molar-refractivity contribution in [2.24, 2.45) is 11.7 Å². The van der Waals surface area contributed by atoms with Gasteiger partial charge in [-0.05, 0) is 59.0 Å². The van der Waals surface area contributed by atoms with Gasteiger partial charge in [-0.2, -0.15) is 0 Å². The van der Waals surface area contributed by atoms with Gasteiger partial charge < -0.3 is 11.1 Å². The summed E-state index contributed by atoms with van der Waals surface area (Å²) >= 11 is 0. The van der Waals surface area contributed by atoms with E-state index in [0.29, 0.717) is 5.92 Å². The van der Waals surface area contributed by atoms with Gasteiger partial charge in [0, 0.05) is 12.1 Å². The second-order valence-electron chi connectivity index (χ2n) is 6.14. The average Bonchev–Trinajstić information content (AvgIpc) is 2.37. The number of halogens is 1. The zero-order valence-electron chi connectivity index (χ0n) is 12.7. The van der Waals surface area contributed by atoms with Crippen molar-refractivity contribution in [3.05, 3.63) is 0 Å². The van der Waals surface area contributed by atoms with Crippen LogP contribution >= 0.6 is 12.4 Å². The predicted molar refractivity (Wildman–Crippen MR) is 82.6 cm³/mol. The average molecular weight is 292 g/mol. The molecule has 2 atom stereocenters. The van der Waals surface area contributed by atoms with Crippen LogP contribution in [-0.2, 0) is 4.79 Å². The Hall–Kier alpha value is -0.320. The number of amides is 1. The van der Waals surface area contributed by atoms with E-state index < -0.39 is 0 Å². The lowest BCUT2D eigenvalue weighted by molar-refractivity contribution is -0.128. The summed E-state index contributed by atoms with van der Waals surface area (Å²) in [5.41, 5.74) is 5.62. The minimum atomic E-state index is -0.117.